The summed E-state index contributed by atoms with van der Waals surface area (Å²) in [6, 6.07) is 13.3. The highest BCUT2D eigenvalue weighted by molar-refractivity contribution is 5.93. The molecule has 0 radical (unpaired) electrons. The van der Waals surface area contributed by atoms with E-state index in [1.807, 2.05) is 36.4 Å². The molecule has 0 spiro atoms. The number of likely N-dealkylation sites (tertiary alicyclic amines) is 1. The second-order valence-corrected chi connectivity index (χ2v) is 8.02. The van der Waals surface area contributed by atoms with Gasteiger partial charge in [-0.1, -0.05) is 18.2 Å². The van der Waals surface area contributed by atoms with Crippen LogP contribution in [0.4, 0.5) is 16.3 Å². The maximum absolute atomic E-state index is 12.7. The van der Waals surface area contributed by atoms with Crippen molar-refractivity contribution in [2.24, 2.45) is 5.92 Å². The van der Waals surface area contributed by atoms with Crippen LogP contribution in [0.25, 0.3) is 0 Å². The van der Waals surface area contributed by atoms with Crippen molar-refractivity contribution < 1.29 is 9.59 Å². The van der Waals surface area contributed by atoms with Crippen molar-refractivity contribution in [1.82, 2.24) is 15.2 Å². The van der Waals surface area contributed by atoms with Gasteiger partial charge in [-0.25, -0.2) is 9.78 Å². The fourth-order valence-electron chi connectivity index (χ4n) is 4.12. The highest BCUT2D eigenvalue weighted by Gasteiger charge is 2.28. The zero-order valence-corrected chi connectivity index (χ0v) is 17.2. The summed E-state index contributed by atoms with van der Waals surface area (Å²) in [5.74, 6) is 0.769. The molecule has 7 heteroatoms. The average Bonchev–Trinajstić information content (AvgIpc) is 3.33. The zero-order valence-electron chi connectivity index (χ0n) is 17.2. The number of pyridine rings is 1. The van der Waals surface area contributed by atoms with E-state index >= 15 is 0 Å². The minimum Gasteiger partial charge on any atom is -0.357 e. The maximum Gasteiger partial charge on any atom is 0.317 e. The summed E-state index contributed by atoms with van der Waals surface area (Å²) in [5, 5.41) is 5.96. The van der Waals surface area contributed by atoms with Gasteiger partial charge in [0.15, 0.2) is 0 Å². The fourth-order valence-corrected chi connectivity index (χ4v) is 4.12. The first-order valence-electron chi connectivity index (χ1n) is 10.8. The summed E-state index contributed by atoms with van der Waals surface area (Å²) in [5.41, 5.74) is 1.83. The average molecular weight is 408 g/mol. The Hall–Kier alpha value is -3.09. The number of benzene rings is 1. The molecule has 2 aliphatic heterocycles. The summed E-state index contributed by atoms with van der Waals surface area (Å²) < 4.78 is 0. The fraction of sp³-hybridized carbons (Fsp3) is 0.435. The van der Waals surface area contributed by atoms with E-state index in [1.54, 1.807) is 11.1 Å². The number of carbonyl (C=O) groups is 2. The van der Waals surface area contributed by atoms with Gasteiger partial charge >= 0.3 is 6.03 Å². The van der Waals surface area contributed by atoms with E-state index in [2.05, 4.69) is 26.6 Å². The summed E-state index contributed by atoms with van der Waals surface area (Å²) in [7, 11) is 0. The Morgan fingerprint density at radius 2 is 1.83 bits per heavy atom. The van der Waals surface area contributed by atoms with Crippen molar-refractivity contribution in [2.45, 2.75) is 32.2 Å². The van der Waals surface area contributed by atoms with Crippen LogP contribution >= 0.6 is 0 Å². The van der Waals surface area contributed by atoms with Crippen LogP contribution in [0.3, 0.4) is 0 Å². The molecule has 2 aromatic rings. The van der Waals surface area contributed by atoms with E-state index in [9.17, 15) is 9.59 Å². The number of piperidine rings is 1. The Morgan fingerprint density at radius 3 is 2.63 bits per heavy atom. The number of nitrogens with zero attached hydrogens (tertiary/aromatic N) is 3. The monoisotopic (exact) mass is 407 g/mol. The molecule has 7 nitrogen and oxygen atoms in total. The highest BCUT2D eigenvalue weighted by Crippen LogP contribution is 2.20. The number of nitrogens with one attached hydrogen (secondary N) is 2. The molecule has 1 atom stereocenters. The number of urea groups is 1. The number of amides is 3. The first-order chi connectivity index (χ1) is 14.7. The van der Waals surface area contributed by atoms with Crippen molar-refractivity contribution in [3.63, 3.8) is 0 Å². The van der Waals surface area contributed by atoms with Gasteiger partial charge in [-0.3, -0.25) is 4.79 Å². The van der Waals surface area contributed by atoms with E-state index in [1.165, 1.54) is 12.8 Å². The number of anilines is 2. The van der Waals surface area contributed by atoms with Crippen LogP contribution in [0.5, 0.6) is 0 Å². The van der Waals surface area contributed by atoms with Crippen LogP contribution in [0.15, 0.2) is 48.7 Å². The van der Waals surface area contributed by atoms with Crippen LogP contribution in [-0.2, 0) is 11.3 Å². The van der Waals surface area contributed by atoms with Gasteiger partial charge in [-0.2, -0.15) is 0 Å². The van der Waals surface area contributed by atoms with Crippen LogP contribution in [0, 0.1) is 5.92 Å². The normalized spacial score (nSPS) is 18.9. The summed E-state index contributed by atoms with van der Waals surface area (Å²) >= 11 is 0. The lowest BCUT2D eigenvalue weighted by Gasteiger charge is -2.32. The molecule has 2 saturated heterocycles. The number of para-hydroxylation sites is 1. The number of carbonyl (C=O) groups excluding carboxylic acids is 2. The predicted molar refractivity (Wildman–Crippen MR) is 117 cm³/mol. The quantitative estimate of drug-likeness (QED) is 0.798. The van der Waals surface area contributed by atoms with E-state index in [0.717, 1.165) is 43.0 Å². The van der Waals surface area contributed by atoms with E-state index in [-0.39, 0.29) is 17.9 Å². The lowest BCUT2D eigenvalue weighted by atomic mass is 9.97. The van der Waals surface area contributed by atoms with Crippen molar-refractivity contribution in [1.29, 1.82) is 0 Å². The molecule has 2 aliphatic rings. The number of rotatable bonds is 5. The maximum atomic E-state index is 12.7. The van der Waals surface area contributed by atoms with Crippen molar-refractivity contribution in [2.75, 3.05) is 36.4 Å². The smallest absolute Gasteiger partial charge is 0.317 e. The van der Waals surface area contributed by atoms with Crippen LogP contribution in [-0.4, -0.2) is 48.0 Å². The van der Waals surface area contributed by atoms with Crippen LogP contribution < -0.4 is 15.5 Å². The number of hydrogen-bond acceptors (Lipinski definition) is 4. The standard InChI is InChI=1S/C23H29N5O2/c29-22(26-20-8-2-1-3-9-20)19-7-6-14-28(17-19)23(30)25-16-18-10-11-24-21(15-18)27-12-4-5-13-27/h1-3,8-11,15,19H,4-7,12-14,16-17H2,(H,25,30)(H,26,29)/t19-/m1/s1. The molecule has 2 fully saturated rings. The lowest BCUT2D eigenvalue weighted by Crippen LogP contribution is -2.47. The van der Waals surface area contributed by atoms with E-state index in [0.29, 0.717) is 19.6 Å². The Bertz CT molecular complexity index is 867. The molecule has 0 unspecified atom stereocenters. The second-order valence-electron chi connectivity index (χ2n) is 8.02. The van der Waals surface area contributed by atoms with E-state index < -0.39 is 0 Å². The molecule has 0 saturated carbocycles. The molecule has 1 aromatic carbocycles. The molecule has 2 N–H and O–H groups in total. The van der Waals surface area contributed by atoms with Crippen LogP contribution in [0.2, 0.25) is 0 Å². The summed E-state index contributed by atoms with van der Waals surface area (Å²) in [4.78, 5) is 33.8. The predicted octanol–water partition coefficient (Wildman–Crippen LogP) is 3.24. The highest BCUT2D eigenvalue weighted by atomic mass is 16.2. The molecular formula is C23H29N5O2. The lowest BCUT2D eigenvalue weighted by molar-refractivity contribution is -0.121. The first-order valence-corrected chi connectivity index (χ1v) is 10.8. The van der Waals surface area contributed by atoms with Crippen molar-refractivity contribution >= 4 is 23.4 Å². The van der Waals surface area contributed by atoms with E-state index in [4.69, 9.17) is 0 Å². The number of hydrogen-bond donors (Lipinski definition) is 2. The Morgan fingerprint density at radius 1 is 1.03 bits per heavy atom. The summed E-state index contributed by atoms with van der Waals surface area (Å²) in [6.45, 7) is 3.67. The third-order valence-corrected chi connectivity index (χ3v) is 5.80. The number of aromatic nitrogens is 1. The molecule has 0 bridgehead atoms. The van der Waals surface area contributed by atoms with Gasteiger partial charge in [0.05, 0.1) is 5.92 Å². The molecule has 3 amide bonds. The van der Waals surface area contributed by atoms with Crippen molar-refractivity contribution in [3.8, 4) is 0 Å². The van der Waals surface area contributed by atoms with Crippen molar-refractivity contribution in [3.05, 3.63) is 54.2 Å². The molecule has 3 heterocycles. The van der Waals surface area contributed by atoms with Gasteiger partial charge in [0.1, 0.15) is 5.82 Å². The Kier molecular flexibility index (Phi) is 6.47. The molecule has 158 valence electrons. The van der Waals surface area contributed by atoms with Gasteiger partial charge in [-0.15, -0.1) is 0 Å². The largest absolute Gasteiger partial charge is 0.357 e. The van der Waals surface area contributed by atoms with Gasteiger partial charge in [0.2, 0.25) is 5.91 Å². The van der Waals surface area contributed by atoms with Gasteiger partial charge in [0, 0.05) is 44.6 Å². The first kappa shape index (κ1) is 20.2. The van der Waals surface area contributed by atoms with Gasteiger partial charge in [-0.05, 0) is 55.5 Å². The third-order valence-electron chi connectivity index (χ3n) is 5.80. The molecular weight excluding hydrogens is 378 g/mol. The molecule has 1 aromatic heterocycles. The zero-order chi connectivity index (χ0) is 20.8. The Balaban J connectivity index is 1.29. The topological polar surface area (TPSA) is 77.6 Å². The molecule has 4 rings (SSSR count). The van der Waals surface area contributed by atoms with Crippen LogP contribution in [0.1, 0.15) is 31.2 Å². The second kappa shape index (κ2) is 9.61. The molecule has 30 heavy (non-hydrogen) atoms. The summed E-state index contributed by atoms with van der Waals surface area (Å²) in [6.07, 6.45) is 5.84. The SMILES string of the molecule is O=C(Nc1ccccc1)[C@@H]1CCCN(C(=O)NCc2ccnc(N3CCCC3)c2)C1. The van der Waals surface area contributed by atoms with Gasteiger partial charge in [0.25, 0.3) is 0 Å². The third kappa shape index (κ3) is 5.09. The minimum absolute atomic E-state index is 0.0249. The molecule has 0 aliphatic carbocycles. The minimum atomic E-state index is -0.188. The Labute approximate surface area is 177 Å². The van der Waals surface area contributed by atoms with Gasteiger partial charge < -0.3 is 20.4 Å².